The summed E-state index contributed by atoms with van der Waals surface area (Å²) in [5.74, 6) is 1.30. The second-order valence-corrected chi connectivity index (χ2v) is 4.74. The van der Waals surface area contributed by atoms with Crippen LogP contribution in [0.15, 0.2) is 27.0 Å². The van der Waals surface area contributed by atoms with Crippen molar-refractivity contribution in [3.05, 3.63) is 11.8 Å². The Bertz CT molecular complexity index is 419. The van der Waals surface area contributed by atoms with E-state index >= 15 is 0 Å². The Morgan fingerprint density at radius 2 is 2.16 bits per heavy atom. The van der Waals surface area contributed by atoms with E-state index in [1.807, 2.05) is 19.9 Å². The van der Waals surface area contributed by atoms with Gasteiger partial charge in [0.15, 0.2) is 0 Å². The molecular formula is C15H25N3O. The van der Waals surface area contributed by atoms with Gasteiger partial charge in [-0.25, -0.2) is 0 Å². The molecule has 4 nitrogen and oxygen atoms in total. The average Bonchev–Trinajstić information content (AvgIpc) is 2.58. The predicted molar refractivity (Wildman–Crippen MR) is 82.3 cm³/mol. The van der Waals surface area contributed by atoms with Gasteiger partial charge in [-0.1, -0.05) is 13.8 Å². The van der Waals surface area contributed by atoms with E-state index in [4.69, 9.17) is 4.74 Å². The molecule has 1 aliphatic rings. The lowest BCUT2D eigenvalue weighted by atomic mass is 9.99. The van der Waals surface area contributed by atoms with Crippen molar-refractivity contribution in [1.29, 1.82) is 0 Å². The fourth-order valence-corrected chi connectivity index (χ4v) is 1.86. The molecule has 1 aliphatic heterocycles. The summed E-state index contributed by atoms with van der Waals surface area (Å²) in [6.45, 7) is 8.92. The van der Waals surface area contributed by atoms with Gasteiger partial charge in [-0.2, -0.15) is 10.2 Å². The minimum atomic E-state index is 0.481. The lowest BCUT2D eigenvalue weighted by Gasteiger charge is -2.11. The summed E-state index contributed by atoms with van der Waals surface area (Å²) in [6, 6.07) is 0. The molecule has 0 N–H and O–H groups in total. The van der Waals surface area contributed by atoms with Crippen LogP contribution >= 0.6 is 0 Å². The first-order chi connectivity index (χ1) is 9.12. The number of allylic oxidation sites excluding steroid dienone is 2. The Morgan fingerprint density at radius 1 is 1.42 bits per heavy atom. The summed E-state index contributed by atoms with van der Waals surface area (Å²) in [5.41, 5.74) is 3.04. The highest BCUT2D eigenvalue weighted by molar-refractivity contribution is 6.06. The number of hydrogen-bond acceptors (Lipinski definition) is 4. The molecule has 1 unspecified atom stereocenters. The number of ether oxygens (including phenoxy) is 1. The highest BCUT2D eigenvalue weighted by atomic mass is 16.5. The Balaban J connectivity index is 3.00. The number of nitrogens with zero attached hydrogens (tertiary/aromatic N) is 3. The molecule has 0 spiro atoms. The van der Waals surface area contributed by atoms with Gasteiger partial charge in [0, 0.05) is 24.5 Å². The molecule has 4 heteroatoms. The van der Waals surface area contributed by atoms with Crippen LogP contribution in [-0.4, -0.2) is 30.8 Å². The maximum atomic E-state index is 5.72. The summed E-state index contributed by atoms with van der Waals surface area (Å²) >= 11 is 0. The molecule has 0 aromatic heterocycles. The molecule has 0 saturated heterocycles. The van der Waals surface area contributed by atoms with Gasteiger partial charge in [0.05, 0.1) is 6.61 Å². The summed E-state index contributed by atoms with van der Waals surface area (Å²) in [7, 11) is 1.80. The van der Waals surface area contributed by atoms with Crippen molar-refractivity contribution in [1.82, 2.24) is 0 Å². The third-order valence-corrected chi connectivity index (χ3v) is 3.39. The van der Waals surface area contributed by atoms with Crippen molar-refractivity contribution in [3.8, 4) is 0 Å². The quantitative estimate of drug-likeness (QED) is 0.552. The van der Waals surface area contributed by atoms with Gasteiger partial charge in [0.1, 0.15) is 11.5 Å². The van der Waals surface area contributed by atoms with Crippen LogP contribution in [0.1, 0.15) is 47.0 Å². The first-order valence-corrected chi connectivity index (χ1v) is 7.03. The molecule has 1 rings (SSSR count). The van der Waals surface area contributed by atoms with Crippen molar-refractivity contribution in [2.75, 3.05) is 13.7 Å². The molecule has 106 valence electrons. The van der Waals surface area contributed by atoms with Gasteiger partial charge in [0.25, 0.3) is 0 Å². The average molecular weight is 263 g/mol. The van der Waals surface area contributed by atoms with E-state index in [0.717, 1.165) is 42.2 Å². The molecular weight excluding hydrogens is 238 g/mol. The van der Waals surface area contributed by atoms with Crippen molar-refractivity contribution in [2.24, 2.45) is 21.1 Å². The lowest BCUT2D eigenvalue weighted by molar-refractivity contribution is 0.248. The van der Waals surface area contributed by atoms with E-state index in [1.54, 1.807) is 7.05 Å². The summed E-state index contributed by atoms with van der Waals surface area (Å²) in [5, 5.41) is 8.64. The summed E-state index contributed by atoms with van der Waals surface area (Å²) < 4.78 is 5.72. The minimum Gasteiger partial charge on any atom is -0.492 e. The van der Waals surface area contributed by atoms with Crippen molar-refractivity contribution < 1.29 is 4.74 Å². The van der Waals surface area contributed by atoms with E-state index in [1.165, 1.54) is 0 Å². The zero-order chi connectivity index (χ0) is 14.3. The SMILES string of the molecule is CCO/C(=C/C(CC)=N\C)C1=NN=C(C)C(C)CC1. The van der Waals surface area contributed by atoms with Crippen LogP contribution in [0.25, 0.3) is 0 Å². The molecule has 1 heterocycles. The van der Waals surface area contributed by atoms with Gasteiger partial charge >= 0.3 is 0 Å². The first kappa shape index (κ1) is 15.6. The van der Waals surface area contributed by atoms with Crippen molar-refractivity contribution >= 4 is 17.1 Å². The fraction of sp³-hybridized carbons (Fsp3) is 0.667. The van der Waals surface area contributed by atoms with E-state index in [2.05, 4.69) is 29.0 Å². The minimum absolute atomic E-state index is 0.481. The van der Waals surface area contributed by atoms with E-state index in [0.29, 0.717) is 12.5 Å². The van der Waals surface area contributed by atoms with E-state index in [9.17, 15) is 0 Å². The second-order valence-electron chi connectivity index (χ2n) is 4.74. The third kappa shape index (κ3) is 4.62. The van der Waals surface area contributed by atoms with Gasteiger partial charge in [-0.15, -0.1) is 0 Å². The highest BCUT2D eigenvalue weighted by Gasteiger charge is 2.16. The Morgan fingerprint density at radius 3 is 2.74 bits per heavy atom. The molecule has 1 atom stereocenters. The number of hydrogen-bond donors (Lipinski definition) is 0. The van der Waals surface area contributed by atoms with E-state index in [-0.39, 0.29) is 0 Å². The Labute approximate surface area is 116 Å². The van der Waals surface area contributed by atoms with Crippen LogP contribution in [0, 0.1) is 5.92 Å². The van der Waals surface area contributed by atoms with Crippen molar-refractivity contribution in [3.63, 3.8) is 0 Å². The van der Waals surface area contributed by atoms with Gasteiger partial charge < -0.3 is 4.74 Å². The van der Waals surface area contributed by atoms with Crippen LogP contribution in [0.4, 0.5) is 0 Å². The molecule has 0 bridgehead atoms. The normalized spacial score (nSPS) is 21.6. The maximum Gasteiger partial charge on any atom is 0.144 e. The first-order valence-electron chi connectivity index (χ1n) is 7.03. The smallest absolute Gasteiger partial charge is 0.144 e. The molecule has 0 fully saturated rings. The monoisotopic (exact) mass is 263 g/mol. The summed E-state index contributed by atoms with van der Waals surface area (Å²) in [4.78, 5) is 4.25. The molecule has 0 aromatic carbocycles. The van der Waals surface area contributed by atoms with Crippen LogP contribution in [-0.2, 0) is 4.74 Å². The molecule has 0 amide bonds. The molecule has 0 saturated carbocycles. The van der Waals surface area contributed by atoms with Crippen LogP contribution in [0.2, 0.25) is 0 Å². The fourth-order valence-electron chi connectivity index (χ4n) is 1.86. The number of rotatable bonds is 5. The standard InChI is InChI=1S/C15H25N3O/c1-6-13(16-5)10-15(19-7-2)14-9-8-11(3)12(4)17-18-14/h10-11H,6-9H2,1-5H3/b15-10+,16-13-. The topological polar surface area (TPSA) is 46.3 Å². The summed E-state index contributed by atoms with van der Waals surface area (Å²) in [6.07, 6.45) is 4.83. The third-order valence-electron chi connectivity index (χ3n) is 3.39. The zero-order valence-electron chi connectivity index (χ0n) is 12.7. The molecule has 0 aromatic rings. The van der Waals surface area contributed by atoms with Crippen LogP contribution in [0.5, 0.6) is 0 Å². The van der Waals surface area contributed by atoms with E-state index < -0.39 is 0 Å². The van der Waals surface area contributed by atoms with Crippen LogP contribution in [0.3, 0.4) is 0 Å². The number of aliphatic imine (C=N–C) groups is 1. The Kier molecular flexibility index (Phi) is 6.46. The highest BCUT2D eigenvalue weighted by Crippen LogP contribution is 2.18. The second kappa shape index (κ2) is 7.87. The molecule has 19 heavy (non-hydrogen) atoms. The predicted octanol–water partition coefficient (Wildman–Crippen LogP) is 3.63. The van der Waals surface area contributed by atoms with Gasteiger partial charge in [-0.05, 0) is 39.0 Å². The zero-order valence-corrected chi connectivity index (χ0v) is 12.7. The Hall–Kier alpha value is -1.45. The van der Waals surface area contributed by atoms with Crippen LogP contribution < -0.4 is 0 Å². The van der Waals surface area contributed by atoms with Gasteiger partial charge in [-0.3, -0.25) is 4.99 Å². The molecule has 0 radical (unpaired) electrons. The van der Waals surface area contributed by atoms with Crippen molar-refractivity contribution in [2.45, 2.75) is 47.0 Å². The molecule has 0 aliphatic carbocycles. The maximum absolute atomic E-state index is 5.72. The lowest BCUT2D eigenvalue weighted by Crippen LogP contribution is -2.10. The largest absolute Gasteiger partial charge is 0.492 e. The van der Waals surface area contributed by atoms with Gasteiger partial charge in [0.2, 0.25) is 0 Å².